The number of amides is 2. The average Bonchev–Trinajstić information content (AvgIpc) is 3.54. The highest BCUT2D eigenvalue weighted by Gasteiger charge is 2.28. The number of rotatable bonds is 7. The van der Waals surface area contributed by atoms with E-state index < -0.39 is 0 Å². The standard InChI is InChI=1S/C28H28Cl3N7O2/c1-17-11-18(2)37(34-17)15-19-3-5-21(6-4-19)28(40)36-9-7-20(8-10-36)27(39)32-14-22-16-38(35-33-22)26-13-24(30)23(29)12-25(26)31/h3-6,11-13,16,20H,7-10,14-15H2,1-2H3,(H,32,39). The summed E-state index contributed by atoms with van der Waals surface area (Å²) in [7, 11) is 0. The van der Waals surface area contributed by atoms with E-state index in [0.29, 0.717) is 64.5 Å². The molecule has 4 aromatic rings. The minimum atomic E-state index is -0.174. The Labute approximate surface area is 247 Å². The van der Waals surface area contributed by atoms with Gasteiger partial charge in [0.25, 0.3) is 5.91 Å². The smallest absolute Gasteiger partial charge is 0.253 e. The van der Waals surface area contributed by atoms with Crippen LogP contribution < -0.4 is 5.32 Å². The second kappa shape index (κ2) is 12.0. The number of aryl methyl sites for hydroxylation is 2. The maximum Gasteiger partial charge on any atom is 0.253 e. The largest absolute Gasteiger partial charge is 0.350 e. The molecule has 0 saturated carbocycles. The third-order valence-electron chi connectivity index (χ3n) is 7.01. The van der Waals surface area contributed by atoms with Crippen molar-refractivity contribution in [2.75, 3.05) is 13.1 Å². The molecule has 2 amide bonds. The molecule has 12 heteroatoms. The van der Waals surface area contributed by atoms with Gasteiger partial charge >= 0.3 is 0 Å². The molecule has 5 rings (SSSR count). The lowest BCUT2D eigenvalue weighted by molar-refractivity contribution is -0.126. The number of carbonyl (C=O) groups excluding carboxylic acids is 2. The number of hydrogen-bond donors (Lipinski definition) is 1. The van der Waals surface area contributed by atoms with Crippen LogP contribution in [0.25, 0.3) is 5.69 Å². The lowest BCUT2D eigenvalue weighted by Crippen LogP contribution is -2.43. The van der Waals surface area contributed by atoms with Gasteiger partial charge in [0.1, 0.15) is 5.69 Å². The molecule has 0 atom stereocenters. The summed E-state index contributed by atoms with van der Waals surface area (Å²) in [6, 6.07) is 12.9. The SMILES string of the molecule is Cc1cc(C)n(Cc2ccc(C(=O)N3CCC(C(=O)NCc4cn(-c5cc(Cl)c(Cl)cc5Cl)nn4)CC3)cc2)n1. The molecule has 0 unspecified atom stereocenters. The zero-order valence-corrected chi connectivity index (χ0v) is 24.3. The zero-order valence-electron chi connectivity index (χ0n) is 22.1. The van der Waals surface area contributed by atoms with E-state index in [4.69, 9.17) is 34.8 Å². The summed E-state index contributed by atoms with van der Waals surface area (Å²) in [5.74, 6) is -0.261. The summed E-state index contributed by atoms with van der Waals surface area (Å²) in [4.78, 5) is 27.7. The molecule has 0 bridgehead atoms. The maximum atomic E-state index is 13.1. The summed E-state index contributed by atoms with van der Waals surface area (Å²) < 4.78 is 3.44. The molecule has 2 aromatic carbocycles. The van der Waals surface area contributed by atoms with Gasteiger partial charge in [-0.05, 0) is 62.6 Å². The average molecular weight is 601 g/mol. The van der Waals surface area contributed by atoms with Crippen molar-refractivity contribution < 1.29 is 9.59 Å². The third kappa shape index (κ3) is 6.32. The van der Waals surface area contributed by atoms with E-state index in [1.807, 2.05) is 53.8 Å². The summed E-state index contributed by atoms with van der Waals surface area (Å²) >= 11 is 18.4. The van der Waals surface area contributed by atoms with E-state index in [1.165, 1.54) is 4.68 Å². The van der Waals surface area contributed by atoms with E-state index in [1.54, 1.807) is 18.3 Å². The Kier molecular flexibility index (Phi) is 8.44. The first kappa shape index (κ1) is 28.1. The molecule has 0 spiro atoms. The van der Waals surface area contributed by atoms with Crippen molar-refractivity contribution in [1.29, 1.82) is 0 Å². The molecule has 1 N–H and O–H groups in total. The number of aromatic nitrogens is 5. The summed E-state index contributed by atoms with van der Waals surface area (Å²) in [5.41, 5.74) is 4.92. The van der Waals surface area contributed by atoms with Gasteiger partial charge in [-0.2, -0.15) is 5.10 Å². The van der Waals surface area contributed by atoms with Gasteiger partial charge in [0, 0.05) is 30.3 Å². The van der Waals surface area contributed by atoms with E-state index in [2.05, 4.69) is 20.7 Å². The third-order valence-corrected chi connectivity index (χ3v) is 8.04. The van der Waals surface area contributed by atoms with Crippen LogP contribution in [0.15, 0.2) is 48.7 Å². The van der Waals surface area contributed by atoms with Gasteiger partial charge < -0.3 is 10.2 Å². The van der Waals surface area contributed by atoms with Gasteiger partial charge in [-0.1, -0.05) is 52.1 Å². The fourth-order valence-corrected chi connectivity index (χ4v) is 5.42. The lowest BCUT2D eigenvalue weighted by Gasteiger charge is -2.31. The quantitative estimate of drug-likeness (QED) is 0.292. The Morgan fingerprint density at radius 2 is 1.68 bits per heavy atom. The van der Waals surface area contributed by atoms with Crippen LogP contribution in [0.5, 0.6) is 0 Å². The monoisotopic (exact) mass is 599 g/mol. The van der Waals surface area contributed by atoms with E-state index in [9.17, 15) is 9.59 Å². The predicted octanol–water partition coefficient (Wildman–Crippen LogP) is 5.26. The molecule has 1 aliphatic heterocycles. The molecule has 1 aliphatic rings. The number of nitrogens with zero attached hydrogens (tertiary/aromatic N) is 6. The van der Waals surface area contributed by atoms with Crippen molar-refractivity contribution in [3.05, 3.63) is 91.9 Å². The van der Waals surface area contributed by atoms with Crippen LogP contribution in [-0.2, 0) is 17.9 Å². The van der Waals surface area contributed by atoms with Gasteiger partial charge in [-0.25, -0.2) is 4.68 Å². The molecule has 2 aromatic heterocycles. The Morgan fingerprint density at radius 3 is 2.35 bits per heavy atom. The zero-order chi connectivity index (χ0) is 28.4. The molecule has 9 nitrogen and oxygen atoms in total. The number of piperidine rings is 1. The van der Waals surface area contributed by atoms with Gasteiger partial charge in [-0.3, -0.25) is 14.3 Å². The van der Waals surface area contributed by atoms with Crippen LogP contribution in [0.3, 0.4) is 0 Å². The van der Waals surface area contributed by atoms with Crippen LogP contribution in [0.4, 0.5) is 0 Å². The molecule has 0 radical (unpaired) electrons. The van der Waals surface area contributed by atoms with Crippen LogP contribution in [0.1, 0.15) is 45.8 Å². The van der Waals surface area contributed by atoms with E-state index in [-0.39, 0.29) is 24.3 Å². The second-order valence-electron chi connectivity index (χ2n) is 9.94. The molecule has 0 aliphatic carbocycles. The molecule has 3 heterocycles. The predicted molar refractivity (Wildman–Crippen MR) is 154 cm³/mol. The Bertz CT molecular complexity index is 1540. The number of benzene rings is 2. The molecule has 1 saturated heterocycles. The van der Waals surface area contributed by atoms with Crippen molar-refractivity contribution in [3.63, 3.8) is 0 Å². The molecular weight excluding hydrogens is 573 g/mol. The second-order valence-corrected chi connectivity index (χ2v) is 11.2. The minimum absolute atomic E-state index is 0.0194. The van der Waals surface area contributed by atoms with Crippen molar-refractivity contribution in [3.8, 4) is 5.69 Å². The molecule has 208 valence electrons. The Balaban J connectivity index is 1.10. The highest BCUT2D eigenvalue weighted by molar-refractivity contribution is 6.43. The van der Waals surface area contributed by atoms with Gasteiger partial charge in [0.15, 0.2) is 0 Å². The van der Waals surface area contributed by atoms with Crippen molar-refractivity contribution in [1.82, 2.24) is 35.0 Å². The Morgan fingerprint density at radius 1 is 0.975 bits per heavy atom. The van der Waals surface area contributed by atoms with Crippen LogP contribution >= 0.6 is 34.8 Å². The van der Waals surface area contributed by atoms with Crippen LogP contribution in [0, 0.1) is 19.8 Å². The summed E-state index contributed by atoms with van der Waals surface area (Å²) in [6.07, 6.45) is 2.87. The number of carbonyl (C=O) groups is 2. The fraction of sp³-hybridized carbons (Fsp3) is 0.321. The first-order valence-corrected chi connectivity index (χ1v) is 14.0. The van der Waals surface area contributed by atoms with Gasteiger partial charge in [0.05, 0.1) is 45.7 Å². The van der Waals surface area contributed by atoms with Crippen LogP contribution in [0.2, 0.25) is 15.1 Å². The van der Waals surface area contributed by atoms with Crippen molar-refractivity contribution in [2.45, 2.75) is 39.8 Å². The molecular formula is C28H28Cl3N7O2. The highest BCUT2D eigenvalue weighted by atomic mass is 35.5. The number of hydrogen-bond acceptors (Lipinski definition) is 5. The van der Waals surface area contributed by atoms with Crippen molar-refractivity contribution >= 4 is 46.6 Å². The molecule has 1 fully saturated rings. The fourth-order valence-electron chi connectivity index (χ4n) is 4.79. The van der Waals surface area contributed by atoms with Gasteiger partial charge in [0.2, 0.25) is 5.91 Å². The first-order chi connectivity index (χ1) is 19.2. The number of halogens is 3. The minimum Gasteiger partial charge on any atom is -0.350 e. The Hall–Kier alpha value is -3.40. The van der Waals surface area contributed by atoms with Crippen LogP contribution in [-0.4, -0.2) is 54.6 Å². The topological polar surface area (TPSA) is 97.9 Å². The van der Waals surface area contributed by atoms with E-state index in [0.717, 1.165) is 17.0 Å². The lowest BCUT2D eigenvalue weighted by atomic mass is 9.95. The first-order valence-electron chi connectivity index (χ1n) is 12.9. The van der Waals surface area contributed by atoms with Crippen molar-refractivity contribution in [2.24, 2.45) is 5.92 Å². The summed E-state index contributed by atoms with van der Waals surface area (Å²) in [6.45, 7) is 5.94. The highest BCUT2D eigenvalue weighted by Crippen LogP contribution is 2.31. The summed E-state index contributed by atoms with van der Waals surface area (Å²) in [5, 5.41) is 16.7. The van der Waals surface area contributed by atoms with Gasteiger partial charge in [-0.15, -0.1) is 5.10 Å². The normalized spacial score (nSPS) is 14.0. The van der Waals surface area contributed by atoms with E-state index >= 15 is 0 Å². The number of likely N-dealkylation sites (tertiary alicyclic amines) is 1. The number of nitrogens with one attached hydrogen (secondary N) is 1. The maximum absolute atomic E-state index is 13.1. The molecule has 40 heavy (non-hydrogen) atoms.